The van der Waals surface area contributed by atoms with Crippen molar-refractivity contribution in [1.29, 1.82) is 0 Å². The predicted molar refractivity (Wildman–Crippen MR) is 51.8 cm³/mol. The Bertz CT molecular complexity index is 305. The average Bonchev–Trinajstić information content (AvgIpc) is 2.61. The first kappa shape index (κ1) is 10.7. The molecule has 2 N–H and O–H groups in total. The number of amides is 1. The van der Waals surface area contributed by atoms with Gasteiger partial charge in [0.15, 0.2) is 0 Å². The molecule has 1 aromatic heterocycles. The molecule has 0 fully saturated rings. The van der Waals surface area contributed by atoms with E-state index in [1.165, 1.54) is 6.20 Å². The third-order valence-electron chi connectivity index (χ3n) is 2.02. The Balaban J connectivity index is 2.58. The van der Waals surface area contributed by atoms with Crippen LogP contribution in [-0.4, -0.2) is 33.4 Å². The fourth-order valence-corrected chi connectivity index (χ4v) is 1.08. The van der Waals surface area contributed by atoms with E-state index in [9.17, 15) is 4.79 Å². The molecule has 0 saturated carbocycles. The highest BCUT2D eigenvalue weighted by molar-refractivity contribution is 5.93. The van der Waals surface area contributed by atoms with E-state index >= 15 is 0 Å². The summed E-state index contributed by atoms with van der Waals surface area (Å²) in [6.45, 7) is 1.87. The molecule has 0 bridgehead atoms. The van der Waals surface area contributed by atoms with Crippen molar-refractivity contribution < 1.29 is 9.90 Å². The van der Waals surface area contributed by atoms with Gasteiger partial charge in [-0.25, -0.2) is 0 Å². The third kappa shape index (κ3) is 2.56. The first-order chi connectivity index (χ1) is 6.67. The summed E-state index contributed by atoms with van der Waals surface area (Å²) in [5.41, 5.74) is 0.513. The first-order valence-corrected chi connectivity index (χ1v) is 4.57. The van der Waals surface area contributed by atoms with Crippen LogP contribution in [0.3, 0.4) is 0 Å². The van der Waals surface area contributed by atoms with Crippen molar-refractivity contribution in [2.24, 2.45) is 7.05 Å². The molecule has 0 aromatic carbocycles. The summed E-state index contributed by atoms with van der Waals surface area (Å²) < 4.78 is 1.56. The zero-order valence-electron chi connectivity index (χ0n) is 8.40. The van der Waals surface area contributed by atoms with E-state index in [2.05, 4.69) is 10.4 Å². The number of aliphatic hydroxyl groups excluding tert-OH is 1. The lowest BCUT2D eigenvalue weighted by Crippen LogP contribution is -2.36. The van der Waals surface area contributed by atoms with Crippen molar-refractivity contribution in [3.8, 4) is 0 Å². The Kier molecular flexibility index (Phi) is 3.64. The van der Waals surface area contributed by atoms with E-state index in [4.69, 9.17) is 5.11 Å². The van der Waals surface area contributed by atoms with Crippen molar-refractivity contribution in [1.82, 2.24) is 15.1 Å². The molecule has 14 heavy (non-hydrogen) atoms. The van der Waals surface area contributed by atoms with Gasteiger partial charge in [0.2, 0.25) is 0 Å². The summed E-state index contributed by atoms with van der Waals surface area (Å²) in [6, 6.07) is -0.178. The number of hydrogen-bond donors (Lipinski definition) is 2. The minimum Gasteiger partial charge on any atom is -0.394 e. The molecule has 0 aliphatic carbocycles. The Morgan fingerprint density at radius 2 is 2.50 bits per heavy atom. The monoisotopic (exact) mass is 197 g/mol. The first-order valence-electron chi connectivity index (χ1n) is 4.57. The Labute approximate surface area is 82.7 Å². The Morgan fingerprint density at radius 3 is 2.93 bits per heavy atom. The van der Waals surface area contributed by atoms with Gasteiger partial charge < -0.3 is 10.4 Å². The second-order valence-corrected chi connectivity index (χ2v) is 3.16. The van der Waals surface area contributed by atoms with Gasteiger partial charge in [-0.1, -0.05) is 6.92 Å². The number of carbonyl (C=O) groups is 1. The van der Waals surface area contributed by atoms with Crippen LogP contribution >= 0.6 is 0 Å². The zero-order valence-corrected chi connectivity index (χ0v) is 8.40. The number of nitrogens with zero attached hydrogens (tertiary/aromatic N) is 2. The number of carbonyl (C=O) groups excluding carboxylic acids is 1. The quantitative estimate of drug-likeness (QED) is 0.709. The van der Waals surface area contributed by atoms with Gasteiger partial charge in [-0.05, 0) is 6.42 Å². The van der Waals surface area contributed by atoms with Crippen LogP contribution < -0.4 is 5.32 Å². The van der Waals surface area contributed by atoms with Crippen molar-refractivity contribution in [2.75, 3.05) is 6.61 Å². The smallest absolute Gasteiger partial charge is 0.254 e. The molecule has 0 radical (unpaired) electrons. The van der Waals surface area contributed by atoms with Gasteiger partial charge in [-0.2, -0.15) is 5.10 Å². The second-order valence-electron chi connectivity index (χ2n) is 3.16. The number of aryl methyl sites for hydroxylation is 1. The van der Waals surface area contributed by atoms with Crippen LogP contribution in [-0.2, 0) is 7.05 Å². The van der Waals surface area contributed by atoms with Crippen LogP contribution in [0.25, 0.3) is 0 Å². The molecule has 1 atom stereocenters. The molecule has 1 unspecified atom stereocenters. The number of rotatable bonds is 4. The normalized spacial score (nSPS) is 12.5. The number of nitrogens with one attached hydrogen (secondary N) is 1. The zero-order chi connectivity index (χ0) is 10.6. The molecule has 0 aliphatic rings. The standard InChI is InChI=1S/C9H15N3O2/c1-3-8(6-13)11-9(14)7-4-10-12(2)5-7/h4-5,8,13H,3,6H2,1-2H3,(H,11,14). The van der Waals surface area contributed by atoms with Crippen molar-refractivity contribution in [3.05, 3.63) is 18.0 Å². The lowest BCUT2D eigenvalue weighted by atomic mass is 10.2. The topological polar surface area (TPSA) is 67.2 Å². The molecule has 1 rings (SSSR count). The fraction of sp³-hybridized carbons (Fsp3) is 0.556. The van der Waals surface area contributed by atoms with Crippen LogP contribution in [0.15, 0.2) is 12.4 Å². The van der Waals surface area contributed by atoms with Crippen LogP contribution in [0.5, 0.6) is 0 Å². The SMILES string of the molecule is CCC(CO)NC(=O)c1cnn(C)c1. The number of hydrogen-bond acceptors (Lipinski definition) is 3. The van der Waals surface area contributed by atoms with Crippen molar-refractivity contribution >= 4 is 5.91 Å². The molecule has 0 spiro atoms. The summed E-state index contributed by atoms with van der Waals surface area (Å²) in [5, 5.41) is 15.5. The molecular weight excluding hydrogens is 182 g/mol. The summed E-state index contributed by atoms with van der Waals surface area (Å²) in [4.78, 5) is 11.5. The van der Waals surface area contributed by atoms with Gasteiger partial charge >= 0.3 is 0 Å². The summed E-state index contributed by atoms with van der Waals surface area (Å²) in [5.74, 6) is -0.195. The van der Waals surface area contributed by atoms with E-state index in [1.54, 1.807) is 17.9 Å². The van der Waals surface area contributed by atoms with Gasteiger partial charge in [0.05, 0.1) is 24.4 Å². The van der Waals surface area contributed by atoms with Gasteiger partial charge in [0.1, 0.15) is 0 Å². The molecule has 5 nitrogen and oxygen atoms in total. The minimum absolute atomic E-state index is 0.0392. The number of aliphatic hydroxyl groups is 1. The average molecular weight is 197 g/mol. The molecule has 1 amide bonds. The van der Waals surface area contributed by atoms with Gasteiger partial charge in [0, 0.05) is 13.2 Å². The third-order valence-corrected chi connectivity index (χ3v) is 2.02. The van der Waals surface area contributed by atoms with E-state index in [1.807, 2.05) is 6.92 Å². The molecule has 1 aromatic rings. The molecule has 5 heteroatoms. The maximum Gasteiger partial charge on any atom is 0.254 e. The highest BCUT2D eigenvalue weighted by Crippen LogP contribution is 1.98. The summed E-state index contributed by atoms with van der Waals surface area (Å²) >= 11 is 0. The van der Waals surface area contributed by atoms with Crippen molar-refractivity contribution in [3.63, 3.8) is 0 Å². The molecule has 0 saturated heterocycles. The van der Waals surface area contributed by atoms with Gasteiger partial charge in [-0.3, -0.25) is 9.48 Å². The molecule has 1 heterocycles. The predicted octanol–water partition coefficient (Wildman–Crippen LogP) is -0.0792. The van der Waals surface area contributed by atoms with Crippen LogP contribution in [0.4, 0.5) is 0 Å². The van der Waals surface area contributed by atoms with Crippen LogP contribution in [0, 0.1) is 0 Å². The molecule has 78 valence electrons. The maximum absolute atomic E-state index is 11.5. The largest absolute Gasteiger partial charge is 0.394 e. The van der Waals surface area contributed by atoms with Crippen molar-refractivity contribution in [2.45, 2.75) is 19.4 Å². The van der Waals surface area contributed by atoms with E-state index in [0.717, 1.165) is 0 Å². The Morgan fingerprint density at radius 1 is 1.79 bits per heavy atom. The number of aromatic nitrogens is 2. The lowest BCUT2D eigenvalue weighted by Gasteiger charge is -2.12. The fourth-order valence-electron chi connectivity index (χ4n) is 1.08. The lowest BCUT2D eigenvalue weighted by molar-refractivity contribution is 0.0915. The van der Waals surface area contributed by atoms with E-state index < -0.39 is 0 Å². The second kappa shape index (κ2) is 4.76. The maximum atomic E-state index is 11.5. The molecular formula is C9H15N3O2. The van der Waals surface area contributed by atoms with Crippen LogP contribution in [0.1, 0.15) is 23.7 Å². The summed E-state index contributed by atoms with van der Waals surface area (Å²) in [7, 11) is 1.75. The highest BCUT2D eigenvalue weighted by atomic mass is 16.3. The van der Waals surface area contributed by atoms with E-state index in [0.29, 0.717) is 12.0 Å². The van der Waals surface area contributed by atoms with E-state index in [-0.39, 0.29) is 18.6 Å². The van der Waals surface area contributed by atoms with Crippen LogP contribution in [0.2, 0.25) is 0 Å². The molecule has 0 aliphatic heterocycles. The van der Waals surface area contributed by atoms with Gasteiger partial charge in [0.25, 0.3) is 5.91 Å². The Hall–Kier alpha value is -1.36. The van der Waals surface area contributed by atoms with Gasteiger partial charge in [-0.15, -0.1) is 0 Å². The minimum atomic E-state index is -0.195. The summed E-state index contributed by atoms with van der Waals surface area (Å²) in [6.07, 6.45) is 3.85. The highest BCUT2D eigenvalue weighted by Gasteiger charge is 2.12.